The van der Waals surface area contributed by atoms with Gasteiger partial charge in [-0.05, 0) is 51.1 Å². The first-order chi connectivity index (χ1) is 6.24. The van der Waals surface area contributed by atoms with Gasteiger partial charge in [-0.25, -0.2) is 0 Å². The quantitative estimate of drug-likeness (QED) is 0.460. The highest BCUT2D eigenvalue weighted by atomic mass is 127. The Labute approximate surface area is 103 Å². The monoisotopic (exact) mass is 367 g/mol. The molecule has 0 saturated heterocycles. The summed E-state index contributed by atoms with van der Waals surface area (Å²) >= 11 is 7.53. The zero-order chi connectivity index (χ0) is 9.42. The Morgan fingerprint density at radius 2 is 2.31 bits per heavy atom. The fraction of sp³-hybridized carbons (Fsp3) is 0.111. The van der Waals surface area contributed by atoms with Crippen molar-refractivity contribution in [3.63, 3.8) is 0 Å². The van der Waals surface area contributed by atoms with Gasteiger partial charge in [0.25, 0.3) is 0 Å². The summed E-state index contributed by atoms with van der Waals surface area (Å²) in [7, 11) is 0. The van der Waals surface area contributed by atoms with E-state index in [0.717, 1.165) is 11.0 Å². The van der Waals surface area contributed by atoms with Crippen LogP contribution in [0.5, 0.6) is 0 Å². The average Bonchev–Trinajstić information content (AvgIpc) is 2.53. The normalized spacial score (nSPS) is 10.9. The standard InChI is InChI=1S/C9H7BrINS/c10-4-6-5-1-2-13-9(5)8(12)3-7(6)11/h1-3H,4,12H2. The summed E-state index contributed by atoms with van der Waals surface area (Å²) in [5.41, 5.74) is 8.14. The van der Waals surface area contributed by atoms with Gasteiger partial charge in [0.2, 0.25) is 0 Å². The number of hydrogen-bond donors (Lipinski definition) is 1. The second-order valence-electron chi connectivity index (χ2n) is 2.72. The van der Waals surface area contributed by atoms with Crippen LogP contribution in [0.15, 0.2) is 17.5 Å². The van der Waals surface area contributed by atoms with Gasteiger partial charge in [-0.15, -0.1) is 11.3 Å². The predicted octanol–water partition coefficient (Wildman–Crippen LogP) is 3.98. The number of anilines is 1. The SMILES string of the molecule is Nc1cc(I)c(CBr)c2ccsc12. The van der Waals surface area contributed by atoms with E-state index < -0.39 is 0 Å². The van der Waals surface area contributed by atoms with Gasteiger partial charge in [0.15, 0.2) is 0 Å². The van der Waals surface area contributed by atoms with Crippen LogP contribution in [-0.4, -0.2) is 0 Å². The minimum Gasteiger partial charge on any atom is -0.398 e. The molecular formula is C9H7BrINS. The first kappa shape index (κ1) is 9.73. The first-order valence-corrected chi connectivity index (χ1v) is 6.82. The number of thiophene rings is 1. The van der Waals surface area contributed by atoms with Crippen LogP contribution in [0.25, 0.3) is 10.1 Å². The zero-order valence-electron chi connectivity index (χ0n) is 6.68. The lowest BCUT2D eigenvalue weighted by atomic mass is 10.1. The van der Waals surface area contributed by atoms with Crippen molar-refractivity contribution < 1.29 is 0 Å². The number of halogens is 2. The van der Waals surface area contributed by atoms with Crippen molar-refractivity contribution in [1.82, 2.24) is 0 Å². The number of alkyl halides is 1. The molecule has 0 radical (unpaired) electrons. The Morgan fingerprint density at radius 3 is 3.00 bits per heavy atom. The summed E-state index contributed by atoms with van der Waals surface area (Å²) in [6, 6.07) is 4.17. The van der Waals surface area contributed by atoms with E-state index in [1.165, 1.54) is 19.2 Å². The first-order valence-electron chi connectivity index (χ1n) is 3.74. The third-order valence-electron chi connectivity index (χ3n) is 1.96. The van der Waals surface area contributed by atoms with Crippen molar-refractivity contribution in [3.8, 4) is 0 Å². The molecule has 0 aliphatic heterocycles. The van der Waals surface area contributed by atoms with E-state index in [1.807, 2.05) is 6.07 Å². The molecule has 2 N–H and O–H groups in total. The number of nitrogen functional groups attached to an aromatic ring is 1. The van der Waals surface area contributed by atoms with Crippen molar-refractivity contribution in [2.45, 2.75) is 5.33 Å². The highest BCUT2D eigenvalue weighted by Crippen LogP contribution is 2.34. The highest BCUT2D eigenvalue weighted by Gasteiger charge is 2.08. The molecule has 4 heteroatoms. The maximum Gasteiger partial charge on any atom is 0.0576 e. The van der Waals surface area contributed by atoms with E-state index in [-0.39, 0.29) is 0 Å². The van der Waals surface area contributed by atoms with Gasteiger partial charge in [-0.1, -0.05) is 15.9 Å². The summed E-state index contributed by atoms with van der Waals surface area (Å²) in [5.74, 6) is 0. The fourth-order valence-electron chi connectivity index (χ4n) is 1.32. The van der Waals surface area contributed by atoms with Crippen LogP contribution in [0.4, 0.5) is 5.69 Å². The van der Waals surface area contributed by atoms with Crippen LogP contribution >= 0.6 is 49.9 Å². The van der Waals surface area contributed by atoms with E-state index in [2.05, 4.69) is 50.0 Å². The van der Waals surface area contributed by atoms with Gasteiger partial charge in [-0.3, -0.25) is 0 Å². The Bertz CT molecular complexity index is 452. The molecule has 13 heavy (non-hydrogen) atoms. The van der Waals surface area contributed by atoms with Crippen LogP contribution in [0, 0.1) is 3.57 Å². The molecule has 0 atom stereocenters. The lowest BCUT2D eigenvalue weighted by Gasteiger charge is -2.04. The van der Waals surface area contributed by atoms with Crippen LogP contribution in [0.3, 0.4) is 0 Å². The van der Waals surface area contributed by atoms with Crippen molar-refractivity contribution in [3.05, 3.63) is 26.6 Å². The molecule has 1 aromatic heterocycles. The molecule has 1 heterocycles. The van der Waals surface area contributed by atoms with Crippen molar-refractivity contribution in [2.75, 3.05) is 5.73 Å². The number of hydrogen-bond acceptors (Lipinski definition) is 2. The fourth-order valence-corrected chi connectivity index (χ4v) is 4.12. The molecule has 1 aromatic carbocycles. The number of rotatable bonds is 1. The van der Waals surface area contributed by atoms with Gasteiger partial charge >= 0.3 is 0 Å². The van der Waals surface area contributed by atoms with Crippen molar-refractivity contribution in [1.29, 1.82) is 0 Å². The highest BCUT2D eigenvalue weighted by molar-refractivity contribution is 14.1. The van der Waals surface area contributed by atoms with Crippen LogP contribution in [0.2, 0.25) is 0 Å². The molecule has 0 unspecified atom stereocenters. The third-order valence-corrected chi connectivity index (χ3v) is 4.44. The molecule has 2 rings (SSSR count). The molecule has 68 valence electrons. The van der Waals surface area contributed by atoms with Crippen LogP contribution in [-0.2, 0) is 5.33 Å². The molecule has 0 spiro atoms. The van der Waals surface area contributed by atoms with E-state index in [9.17, 15) is 0 Å². The Hall–Kier alpha value is 0.190. The van der Waals surface area contributed by atoms with Crippen LogP contribution < -0.4 is 5.73 Å². The van der Waals surface area contributed by atoms with Crippen molar-refractivity contribution >= 4 is 65.6 Å². The summed E-state index contributed by atoms with van der Waals surface area (Å²) in [6.07, 6.45) is 0. The molecule has 0 saturated carbocycles. The summed E-state index contributed by atoms with van der Waals surface area (Å²) in [5, 5.41) is 4.26. The molecule has 2 aromatic rings. The summed E-state index contributed by atoms with van der Waals surface area (Å²) < 4.78 is 2.44. The maximum absolute atomic E-state index is 5.92. The van der Waals surface area contributed by atoms with Gasteiger partial charge in [-0.2, -0.15) is 0 Å². The topological polar surface area (TPSA) is 26.0 Å². The minimum atomic E-state index is 0.888. The molecule has 0 aliphatic rings. The van der Waals surface area contributed by atoms with E-state index in [1.54, 1.807) is 11.3 Å². The second-order valence-corrected chi connectivity index (χ2v) is 5.36. The Kier molecular flexibility index (Phi) is 2.80. The van der Waals surface area contributed by atoms with Crippen LogP contribution in [0.1, 0.15) is 5.56 Å². The van der Waals surface area contributed by atoms with Gasteiger partial charge in [0.1, 0.15) is 0 Å². The Morgan fingerprint density at radius 1 is 1.54 bits per heavy atom. The van der Waals surface area contributed by atoms with Crippen molar-refractivity contribution in [2.24, 2.45) is 0 Å². The number of nitrogens with two attached hydrogens (primary N) is 1. The number of benzene rings is 1. The van der Waals surface area contributed by atoms with E-state index >= 15 is 0 Å². The smallest absolute Gasteiger partial charge is 0.0576 e. The minimum absolute atomic E-state index is 0.888. The molecule has 0 amide bonds. The maximum atomic E-state index is 5.92. The molecule has 1 nitrogen and oxygen atoms in total. The van der Waals surface area contributed by atoms with Gasteiger partial charge in [0.05, 0.1) is 10.4 Å². The lowest BCUT2D eigenvalue weighted by molar-refractivity contribution is 1.46. The molecule has 0 bridgehead atoms. The summed E-state index contributed by atoms with van der Waals surface area (Å²) in [4.78, 5) is 0. The zero-order valence-corrected chi connectivity index (χ0v) is 11.2. The predicted molar refractivity (Wildman–Crippen MR) is 71.6 cm³/mol. The van der Waals surface area contributed by atoms with E-state index in [0.29, 0.717) is 0 Å². The number of fused-ring (bicyclic) bond motifs is 1. The molecular weight excluding hydrogens is 361 g/mol. The molecule has 0 aliphatic carbocycles. The second kappa shape index (κ2) is 3.74. The molecule has 0 fully saturated rings. The largest absolute Gasteiger partial charge is 0.398 e. The van der Waals surface area contributed by atoms with E-state index in [4.69, 9.17) is 5.73 Å². The van der Waals surface area contributed by atoms with Gasteiger partial charge in [0, 0.05) is 8.90 Å². The third kappa shape index (κ3) is 1.59. The lowest BCUT2D eigenvalue weighted by Crippen LogP contribution is -1.91. The summed E-state index contributed by atoms with van der Waals surface area (Å²) in [6.45, 7) is 0. The average molecular weight is 368 g/mol. The van der Waals surface area contributed by atoms with Gasteiger partial charge < -0.3 is 5.73 Å². The Balaban J connectivity index is 2.88.